The standard InChI is InChI=1S/C14H15BrN2O2S/c1-9-7-10(2)13(8-12(9)16)17-20(18,19)14-6-4-3-5-11(14)15/h3-8,17H,16H2,1-2H3. The molecule has 0 aliphatic rings. The summed E-state index contributed by atoms with van der Waals surface area (Å²) in [6.45, 7) is 3.72. The number of aryl methyl sites for hydroxylation is 2. The zero-order valence-electron chi connectivity index (χ0n) is 11.1. The normalized spacial score (nSPS) is 11.3. The molecule has 0 aliphatic heterocycles. The molecule has 0 radical (unpaired) electrons. The summed E-state index contributed by atoms with van der Waals surface area (Å²) in [5.74, 6) is 0. The number of sulfonamides is 1. The van der Waals surface area contributed by atoms with E-state index in [9.17, 15) is 8.42 Å². The predicted octanol–water partition coefficient (Wildman–Crippen LogP) is 3.45. The minimum absolute atomic E-state index is 0.193. The van der Waals surface area contributed by atoms with Gasteiger partial charge >= 0.3 is 0 Å². The number of nitrogens with one attached hydrogen (secondary N) is 1. The zero-order chi connectivity index (χ0) is 14.9. The highest BCUT2D eigenvalue weighted by molar-refractivity contribution is 9.10. The highest BCUT2D eigenvalue weighted by Crippen LogP contribution is 2.27. The fraction of sp³-hybridized carbons (Fsp3) is 0.143. The van der Waals surface area contributed by atoms with Crippen LogP contribution in [0.3, 0.4) is 0 Å². The van der Waals surface area contributed by atoms with E-state index in [0.29, 0.717) is 15.8 Å². The minimum Gasteiger partial charge on any atom is -0.398 e. The van der Waals surface area contributed by atoms with Crippen molar-refractivity contribution >= 4 is 37.3 Å². The van der Waals surface area contributed by atoms with Crippen molar-refractivity contribution in [3.05, 3.63) is 52.0 Å². The number of benzene rings is 2. The topological polar surface area (TPSA) is 72.2 Å². The fourth-order valence-corrected chi connectivity index (χ4v) is 3.97. The van der Waals surface area contributed by atoms with Gasteiger partial charge in [-0.3, -0.25) is 4.72 Å². The molecule has 2 aromatic carbocycles. The van der Waals surface area contributed by atoms with Crippen LogP contribution in [0.25, 0.3) is 0 Å². The van der Waals surface area contributed by atoms with Gasteiger partial charge in [0.15, 0.2) is 0 Å². The third kappa shape index (κ3) is 2.96. The van der Waals surface area contributed by atoms with E-state index in [2.05, 4.69) is 20.7 Å². The summed E-state index contributed by atoms with van der Waals surface area (Å²) in [6.07, 6.45) is 0. The molecule has 106 valence electrons. The molecule has 2 rings (SSSR count). The third-order valence-electron chi connectivity index (χ3n) is 2.98. The lowest BCUT2D eigenvalue weighted by atomic mass is 10.1. The number of nitrogen functional groups attached to an aromatic ring is 1. The second-order valence-electron chi connectivity index (χ2n) is 4.56. The number of rotatable bonds is 3. The van der Waals surface area contributed by atoms with Crippen molar-refractivity contribution in [1.82, 2.24) is 0 Å². The number of nitrogens with two attached hydrogens (primary N) is 1. The lowest BCUT2D eigenvalue weighted by Crippen LogP contribution is -2.14. The van der Waals surface area contributed by atoms with E-state index in [0.717, 1.165) is 11.1 Å². The summed E-state index contributed by atoms with van der Waals surface area (Å²) in [6, 6.07) is 10.2. The molecule has 0 amide bonds. The molecule has 0 fully saturated rings. The van der Waals surface area contributed by atoms with Crippen molar-refractivity contribution in [1.29, 1.82) is 0 Å². The predicted molar refractivity (Wildman–Crippen MR) is 85.3 cm³/mol. The van der Waals surface area contributed by atoms with E-state index < -0.39 is 10.0 Å². The molecule has 3 N–H and O–H groups in total. The molecule has 0 bridgehead atoms. The Hall–Kier alpha value is -1.53. The first kappa shape index (κ1) is 14.9. The van der Waals surface area contributed by atoms with Gasteiger partial charge in [-0.15, -0.1) is 0 Å². The van der Waals surface area contributed by atoms with E-state index in [4.69, 9.17) is 5.73 Å². The second-order valence-corrected chi connectivity index (χ2v) is 7.06. The van der Waals surface area contributed by atoms with Crippen molar-refractivity contribution in [2.24, 2.45) is 0 Å². The van der Waals surface area contributed by atoms with Gasteiger partial charge < -0.3 is 5.73 Å². The van der Waals surface area contributed by atoms with Gasteiger partial charge in [-0.1, -0.05) is 18.2 Å². The summed E-state index contributed by atoms with van der Waals surface area (Å²) in [5.41, 5.74) is 8.63. The Labute approximate surface area is 127 Å². The van der Waals surface area contributed by atoms with Gasteiger partial charge in [0.05, 0.1) is 5.69 Å². The Kier molecular flexibility index (Phi) is 4.06. The molecule has 0 unspecified atom stereocenters. The molecule has 0 heterocycles. The molecule has 0 aliphatic carbocycles. The zero-order valence-corrected chi connectivity index (χ0v) is 13.5. The van der Waals surface area contributed by atoms with Crippen LogP contribution >= 0.6 is 15.9 Å². The average Bonchev–Trinajstić information content (AvgIpc) is 2.36. The van der Waals surface area contributed by atoms with Gasteiger partial charge in [-0.05, 0) is 59.1 Å². The maximum absolute atomic E-state index is 12.4. The lowest BCUT2D eigenvalue weighted by Gasteiger charge is -2.13. The number of hydrogen-bond acceptors (Lipinski definition) is 3. The van der Waals surface area contributed by atoms with Crippen molar-refractivity contribution < 1.29 is 8.42 Å². The van der Waals surface area contributed by atoms with Gasteiger partial charge in [0.25, 0.3) is 10.0 Å². The highest BCUT2D eigenvalue weighted by Gasteiger charge is 2.18. The summed E-state index contributed by atoms with van der Waals surface area (Å²) in [4.78, 5) is 0.193. The van der Waals surface area contributed by atoms with E-state index in [-0.39, 0.29) is 4.90 Å². The molecule has 0 saturated heterocycles. The summed E-state index contributed by atoms with van der Waals surface area (Å²) < 4.78 is 27.9. The first-order chi connectivity index (χ1) is 9.31. The Morgan fingerprint density at radius 1 is 1.10 bits per heavy atom. The molecular formula is C14H15BrN2O2S. The van der Waals surface area contributed by atoms with Crippen LogP contribution in [0.5, 0.6) is 0 Å². The van der Waals surface area contributed by atoms with Crippen LogP contribution in [0.2, 0.25) is 0 Å². The average molecular weight is 355 g/mol. The number of halogens is 1. The molecular weight excluding hydrogens is 340 g/mol. The maximum Gasteiger partial charge on any atom is 0.263 e. The molecule has 0 atom stereocenters. The molecule has 20 heavy (non-hydrogen) atoms. The van der Waals surface area contributed by atoms with Crippen molar-refractivity contribution in [3.63, 3.8) is 0 Å². The summed E-state index contributed by atoms with van der Waals surface area (Å²) in [5, 5.41) is 0. The van der Waals surface area contributed by atoms with Crippen LogP contribution in [0, 0.1) is 13.8 Å². The van der Waals surface area contributed by atoms with Gasteiger partial charge in [0.1, 0.15) is 4.90 Å². The van der Waals surface area contributed by atoms with Crippen molar-refractivity contribution in [3.8, 4) is 0 Å². The van der Waals surface area contributed by atoms with E-state index in [1.165, 1.54) is 0 Å². The van der Waals surface area contributed by atoms with Crippen molar-refractivity contribution in [2.75, 3.05) is 10.5 Å². The monoisotopic (exact) mass is 354 g/mol. The summed E-state index contributed by atoms with van der Waals surface area (Å²) in [7, 11) is -3.65. The smallest absolute Gasteiger partial charge is 0.263 e. The second kappa shape index (κ2) is 5.46. The van der Waals surface area contributed by atoms with Gasteiger partial charge in [-0.2, -0.15) is 0 Å². The Morgan fingerprint density at radius 3 is 2.40 bits per heavy atom. The van der Waals surface area contributed by atoms with E-state index in [1.807, 2.05) is 19.9 Å². The van der Waals surface area contributed by atoms with Crippen LogP contribution in [-0.4, -0.2) is 8.42 Å². The Bertz CT molecular complexity index is 758. The van der Waals surface area contributed by atoms with Crippen LogP contribution in [0.1, 0.15) is 11.1 Å². The minimum atomic E-state index is -3.65. The SMILES string of the molecule is Cc1cc(C)c(NS(=O)(=O)c2ccccc2Br)cc1N. The molecule has 0 spiro atoms. The Morgan fingerprint density at radius 2 is 1.75 bits per heavy atom. The van der Waals surface area contributed by atoms with Gasteiger partial charge in [0, 0.05) is 10.2 Å². The van der Waals surface area contributed by atoms with Crippen LogP contribution in [0.15, 0.2) is 45.8 Å². The quantitative estimate of drug-likeness (QED) is 0.829. The first-order valence-electron chi connectivity index (χ1n) is 5.95. The first-order valence-corrected chi connectivity index (χ1v) is 8.23. The highest BCUT2D eigenvalue weighted by atomic mass is 79.9. The van der Waals surface area contributed by atoms with E-state index >= 15 is 0 Å². The molecule has 6 heteroatoms. The largest absolute Gasteiger partial charge is 0.398 e. The fourth-order valence-electron chi connectivity index (χ4n) is 1.84. The van der Waals surface area contributed by atoms with Gasteiger partial charge in [0.2, 0.25) is 0 Å². The van der Waals surface area contributed by atoms with E-state index in [1.54, 1.807) is 30.3 Å². The molecule has 0 saturated carbocycles. The van der Waals surface area contributed by atoms with Crippen LogP contribution in [-0.2, 0) is 10.0 Å². The Balaban J connectivity index is 2.44. The summed E-state index contributed by atoms with van der Waals surface area (Å²) >= 11 is 3.25. The van der Waals surface area contributed by atoms with Gasteiger partial charge in [-0.25, -0.2) is 8.42 Å². The lowest BCUT2D eigenvalue weighted by molar-refractivity contribution is 0.600. The van der Waals surface area contributed by atoms with Crippen molar-refractivity contribution in [2.45, 2.75) is 18.7 Å². The third-order valence-corrected chi connectivity index (χ3v) is 5.36. The molecule has 2 aromatic rings. The molecule has 4 nitrogen and oxygen atoms in total. The number of anilines is 2. The van der Waals surface area contributed by atoms with Crippen LogP contribution < -0.4 is 10.5 Å². The number of hydrogen-bond donors (Lipinski definition) is 2. The maximum atomic E-state index is 12.4. The molecule has 0 aromatic heterocycles. The van der Waals surface area contributed by atoms with Crippen LogP contribution in [0.4, 0.5) is 11.4 Å².